The van der Waals surface area contributed by atoms with Gasteiger partial charge >= 0.3 is 0 Å². The summed E-state index contributed by atoms with van der Waals surface area (Å²) in [5, 5.41) is 5.64. The number of aromatic nitrogens is 2. The van der Waals surface area contributed by atoms with Gasteiger partial charge in [-0.1, -0.05) is 23.2 Å². The van der Waals surface area contributed by atoms with Crippen molar-refractivity contribution in [3.05, 3.63) is 20.4 Å². The Hall–Kier alpha value is -0.740. The van der Waals surface area contributed by atoms with E-state index in [9.17, 15) is 4.79 Å². The number of H-pyrrole nitrogens is 1. The van der Waals surface area contributed by atoms with Crippen LogP contribution in [-0.4, -0.2) is 16.8 Å². The van der Waals surface area contributed by atoms with Crippen LogP contribution in [0.25, 0.3) is 0 Å². The van der Waals surface area contributed by atoms with Crippen LogP contribution < -0.4 is 10.3 Å². The van der Waals surface area contributed by atoms with Crippen LogP contribution in [0.3, 0.4) is 0 Å². The average Bonchev–Trinajstić information content (AvgIpc) is 2.07. The zero-order valence-corrected chi connectivity index (χ0v) is 7.74. The van der Waals surface area contributed by atoms with Gasteiger partial charge in [-0.25, -0.2) is 5.10 Å². The van der Waals surface area contributed by atoms with E-state index in [2.05, 4.69) is 10.2 Å². The van der Waals surface area contributed by atoms with Gasteiger partial charge in [0.1, 0.15) is 10.0 Å². The highest BCUT2D eigenvalue weighted by molar-refractivity contribution is 6.42. The number of nitrogens with one attached hydrogen (secondary N) is 1. The third-order valence-corrected chi connectivity index (χ3v) is 1.93. The molecule has 4 nitrogen and oxygen atoms in total. The number of ether oxygens (including phenoxy) is 1. The van der Waals surface area contributed by atoms with Crippen LogP contribution in [0.1, 0.15) is 6.92 Å². The van der Waals surface area contributed by atoms with Crippen molar-refractivity contribution in [3.8, 4) is 5.88 Å². The molecule has 0 unspecified atom stereocenters. The second-order valence-electron chi connectivity index (χ2n) is 1.92. The highest BCUT2D eigenvalue weighted by atomic mass is 35.5. The summed E-state index contributed by atoms with van der Waals surface area (Å²) >= 11 is 11.2. The highest BCUT2D eigenvalue weighted by Crippen LogP contribution is 2.25. The summed E-state index contributed by atoms with van der Waals surface area (Å²) in [4.78, 5) is 10.8. The normalized spacial score (nSPS) is 9.92. The van der Waals surface area contributed by atoms with Gasteiger partial charge in [0.05, 0.1) is 6.61 Å². The Morgan fingerprint density at radius 3 is 2.75 bits per heavy atom. The zero-order valence-electron chi connectivity index (χ0n) is 6.23. The van der Waals surface area contributed by atoms with Crippen molar-refractivity contribution >= 4 is 23.2 Å². The smallest absolute Gasteiger partial charge is 0.284 e. The van der Waals surface area contributed by atoms with Crippen molar-refractivity contribution in [1.82, 2.24) is 10.2 Å². The molecule has 0 saturated heterocycles. The fourth-order valence-corrected chi connectivity index (χ4v) is 0.931. The first-order valence-electron chi connectivity index (χ1n) is 3.23. The molecule has 1 rings (SSSR count). The zero-order chi connectivity index (χ0) is 9.14. The molecule has 1 aromatic rings. The number of nitrogens with zero attached hydrogens (tertiary/aromatic N) is 1. The largest absolute Gasteiger partial charge is 0.476 e. The summed E-state index contributed by atoms with van der Waals surface area (Å²) in [6.07, 6.45) is 0. The van der Waals surface area contributed by atoms with Crippen LogP contribution in [0, 0.1) is 0 Å². The van der Waals surface area contributed by atoms with E-state index in [0.717, 1.165) is 0 Å². The summed E-state index contributed by atoms with van der Waals surface area (Å²) < 4.78 is 4.97. The minimum absolute atomic E-state index is 0.0438. The van der Waals surface area contributed by atoms with Gasteiger partial charge in [-0.3, -0.25) is 4.79 Å². The monoisotopic (exact) mass is 208 g/mol. The summed E-state index contributed by atoms with van der Waals surface area (Å²) in [6, 6.07) is 0. The standard InChI is InChI=1S/C6H6Cl2N2O2/c1-2-12-6-4(8)3(7)5(11)9-10-6/h2H2,1H3,(H,9,11). The molecule has 66 valence electrons. The van der Waals surface area contributed by atoms with Crippen LogP contribution in [0.15, 0.2) is 4.79 Å². The maximum atomic E-state index is 10.8. The minimum atomic E-state index is -0.523. The number of hydrogen-bond acceptors (Lipinski definition) is 3. The molecule has 1 N–H and O–H groups in total. The van der Waals surface area contributed by atoms with Crippen LogP contribution >= 0.6 is 23.2 Å². The Labute approximate surface area is 78.5 Å². The molecule has 0 aliphatic carbocycles. The predicted molar refractivity (Wildman–Crippen MR) is 46.0 cm³/mol. The first-order chi connectivity index (χ1) is 5.66. The summed E-state index contributed by atoms with van der Waals surface area (Å²) in [7, 11) is 0. The molecule has 0 spiro atoms. The Kier molecular flexibility index (Phi) is 2.94. The number of aromatic amines is 1. The first kappa shape index (κ1) is 9.35. The fraction of sp³-hybridized carbons (Fsp3) is 0.333. The van der Waals surface area contributed by atoms with E-state index in [1.807, 2.05) is 0 Å². The number of rotatable bonds is 2. The maximum absolute atomic E-state index is 10.8. The third-order valence-electron chi connectivity index (χ3n) is 1.12. The Bertz CT molecular complexity index is 337. The molecule has 12 heavy (non-hydrogen) atoms. The van der Waals surface area contributed by atoms with Gasteiger partial charge in [0.15, 0.2) is 0 Å². The van der Waals surface area contributed by atoms with E-state index >= 15 is 0 Å². The molecule has 0 atom stereocenters. The van der Waals surface area contributed by atoms with E-state index in [-0.39, 0.29) is 15.9 Å². The SMILES string of the molecule is CCOc1n[nH]c(=O)c(Cl)c1Cl. The summed E-state index contributed by atoms with van der Waals surface area (Å²) in [5.74, 6) is 0.142. The van der Waals surface area contributed by atoms with Crippen LogP contribution in [0.4, 0.5) is 0 Å². The molecule has 1 heterocycles. The molecule has 0 amide bonds. The van der Waals surface area contributed by atoms with Crippen molar-refractivity contribution in [3.63, 3.8) is 0 Å². The van der Waals surface area contributed by atoms with Crippen LogP contribution in [0.5, 0.6) is 5.88 Å². The minimum Gasteiger partial charge on any atom is -0.476 e. The predicted octanol–water partition coefficient (Wildman–Crippen LogP) is 1.48. The number of halogens is 2. The third kappa shape index (κ3) is 1.70. The topological polar surface area (TPSA) is 55.0 Å². The first-order valence-corrected chi connectivity index (χ1v) is 3.99. The van der Waals surface area contributed by atoms with Crippen molar-refractivity contribution in [2.45, 2.75) is 6.92 Å². The Morgan fingerprint density at radius 2 is 2.17 bits per heavy atom. The fourth-order valence-electron chi connectivity index (χ4n) is 0.626. The van der Waals surface area contributed by atoms with E-state index < -0.39 is 5.56 Å². The summed E-state index contributed by atoms with van der Waals surface area (Å²) in [6.45, 7) is 2.19. The van der Waals surface area contributed by atoms with Gasteiger partial charge in [0.25, 0.3) is 11.4 Å². The average molecular weight is 209 g/mol. The molecule has 0 aliphatic heterocycles. The molecule has 6 heteroatoms. The van der Waals surface area contributed by atoms with Gasteiger partial charge in [-0.2, -0.15) is 0 Å². The van der Waals surface area contributed by atoms with Crippen molar-refractivity contribution in [2.24, 2.45) is 0 Å². The van der Waals surface area contributed by atoms with E-state index in [1.165, 1.54) is 0 Å². The highest BCUT2D eigenvalue weighted by Gasteiger charge is 2.10. The molecule has 0 bridgehead atoms. The molecule has 0 fully saturated rings. The van der Waals surface area contributed by atoms with E-state index in [4.69, 9.17) is 27.9 Å². The van der Waals surface area contributed by atoms with Crippen molar-refractivity contribution in [1.29, 1.82) is 0 Å². The Morgan fingerprint density at radius 1 is 1.50 bits per heavy atom. The van der Waals surface area contributed by atoms with Crippen molar-refractivity contribution in [2.75, 3.05) is 6.61 Å². The molecule has 0 aromatic carbocycles. The van der Waals surface area contributed by atoms with Gasteiger partial charge in [-0.15, -0.1) is 5.10 Å². The lowest BCUT2D eigenvalue weighted by Crippen LogP contribution is -2.10. The van der Waals surface area contributed by atoms with Gasteiger partial charge < -0.3 is 4.74 Å². The molecule has 0 radical (unpaired) electrons. The lowest BCUT2D eigenvalue weighted by atomic mass is 10.5. The van der Waals surface area contributed by atoms with Crippen molar-refractivity contribution < 1.29 is 4.74 Å². The van der Waals surface area contributed by atoms with Crippen LogP contribution in [-0.2, 0) is 0 Å². The second kappa shape index (κ2) is 3.78. The lowest BCUT2D eigenvalue weighted by molar-refractivity contribution is 0.322. The quantitative estimate of drug-likeness (QED) is 0.802. The molecule has 0 aliphatic rings. The van der Waals surface area contributed by atoms with E-state index in [0.29, 0.717) is 6.61 Å². The Balaban J connectivity index is 3.17. The van der Waals surface area contributed by atoms with E-state index in [1.54, 1.807) is 6.92 Å². The van der Waals surface area contributed by atoms with Gasteiger partial charge in [0, 0.05) is 0 Å². The van der Waals surface area contributed by atoms with Gasteiger partial charge in [-0.05, 0) is 6.92 Å². The molecular formula is C6H6Cl2N2O2. The second-order valence-corrected chi connectivity index (χ2v) is 2.67. The lowest BCUT2D eigenvalue weighted by Gasteiger charge is -2.02. The molecular weight excluding hydrogens is 203 g/mol. The summed E-state index contributed by atoms with van der Waals surface area (Å²) in [5.41, 5.74) is -0.523. The number of hydrogen-bond donors (Lipinski definition) is 1. The molecule has 0 saturated carbocycles. The maximum Gasteiger partial charge on any atom is 0.284 e. The van der Waals surface area contributed by atoms with Gasteiger partial charge in [0.2, 0.25) is 0 Å². The molecule has 1 aromatic heterocycles. The van der Waals surface area contributed by atoms with Crippen LogP contribution in [0.2, 0.25) is 10.0 Å².